The van der Waals surface area contributed by atoms with Gasteiger partial charge in [-0.05, 0) is 37.5 Å². The van der Waals surface area contributed by atoms with Crippen molar-refractivity contribution in [2.45, 2.75) is 39.0 Å². The Morgan fingerprint density at radius 2 is 1.91 bits per heavy atom. The molecule has 6 nitrogen and oxygen atoms in total. The SMILES string of the molecule is CCCOc1ccc(C(=O)NNC(=O)C2CCCC2)cc1OC. The number of benzene rings is 1. The fourth-order valence-corrected chi connectivity index (χ4v) is 2.62. The zero-order valence-electron chi connectivity index (χ0n) is 13.7. The molecule has 0 spiro atoms. The molecule has 126 valence electrons. The molecule has 0 unspecified atom stereocenters. The van der Waals surface area contributed by atoms with E-state index in [1.807, 2.05) is 6.92 Å². The van der Waals surface area contributed by atoms with E-state index in [0.29, 0.717) is 23.7 Å². The van der Waals surface area contributed by atoms with Crippen molar-refractivity contribution in [1.82, 2.24) is 10.9 Å². The molecule has 6 heteroatoms. The lowest BCUT2D eigenvalue weighted by Gasteiger charge is -2.13. The lowest BCUT2D eigenvalue weighted by Crippen LogP contribution is -2.44. The standard InChI is InChI=1S/C17H24N2O4/c1-3-10-23-14-9-8-13(11-15(14)22-2)17(21)19-18-16(20)12-6-4-5-7-12/h8-9,11-12H,3-7,10H2,1-2H3,(H,18,20)(H,19,21). The van der Waals surface area contributed by atoms with E-state index in [2.05, 4.69) is 10.9 Å². The molecule has 0 heterocycles. The summed E-state index contributed by atoms with van der Waals surface area (Å²) in [6, 6.07) is 4.94. The van der Waals surface area contributed by atoms with E-state index in [-0.39, 0.29) is 17.7 Å². The number of carbonyl (C=O) groups is 2. The summed E-state index contributed by atoms with van der Waals surface area (Å²) in [6.07, 6.45) is 4.81. The maximum absolute atomic E-state index is 12.1. The maximum atomic E-state index is 12.1. The summed E-state index contributed by atoms with van der Waals surface area (Å²) in [7, 11) is 1.53. The van der Waals surface area contributed by atoms with Gasteiger partial charge in [0.15, 0.2) is 11.5 Å². The van der Waals surface area contributed by atoms with E-state index < -0.39 is 0 Å². The van der Waals surface area contributed by atoms with Crippen LogP contribution in [0.1, 0.15) is 49.4 Å². The third kappa shape index (κ3) is 4.61. The van der Waals surface area contributed by atoms with Gasteiger partial charge in [0, 0.05) is 11.5 Å². The Balaban J connectivity index is 1.94. The molecule has 0 atom stereocenters. The van der Waals surface area contributed by atoms with Gasteiger partial charge in [-0.2, -0.15) is 0 Å². The second-order valence-corrected chi connectivity index (χ2v) is 5.64. The van der Waals surface area contributed by atoms with Gasteiger partial charge in [0.05, 0.1) is 13.7 Å². The van der Waals surface area contributed by atoms with Crippen molar-refractivity contribution in [2.75, 3.05) is 13.7 Å². The van der Waals surface area contributed by atoms with Crippen LogP contribution in [0.2, 0.25) is 0 Å². The Morgan fingerprint density at radius 1 is 1.17 bits per heavy atom. The molecule has 1 aliphatic rings. The third-order valence-electron chi connectivity index (χ3n) is 3.91. The van der Waals surface area contributed by atoms with Gasteiger partial charge in [0.25, 0.3) is 5.91 Å². The summed E-state index contributed by atoms with van der Waals surface area (Å²) < 4.78 is 10.8. The van der Waals surface area contributed by atoms with E-state index in [9.17, 15) is 9.59 Å². The Labute approximate surface area is 136 Å². The number of hydrogen-bond acceptors (Lipinski definition) is 4. The highest BCUT2D eigenvalue weighted by atomic mass is 16.5. The van der Waals surface area contributed by atoms with Gasteiger partial charge in [-0.25, -0.2) is 0 Å². The molecule has 2 rings (SSSR count). The summed E-state index contributed by atoms with van der Waals surface area (Å²) in [5.74, 6) is 0.603. The molecule has 1 aliphatic carbocycles. The Morgan fingerprint density at radius 3 is 2.57 bits per heavy atom. The summed E-state index contributed by atoms with van der Waals surface area (Å²) in [4.78, 5) is 24.0. The van der Waals surface area contributed by atoms with Crippen LogP contribution in [-0.4, -0.2) is 25.5 Å². The molecule has 23 heavy (non-hydrogen) atoms. The fourth-order valence-electron chi connectivity index (χ4n) is 2.62. The molecule has 0 saturated heterocycles. The van der Waals surface area contributed by atoms with Crippen LogP contribution in [0.5, 0.6) is 11.5 Å². The Kier molecular flexibility index (Phi) is 6.26. The Hall–Kier alpha value is -2.24. The highest BCUT2D eigenvalue weighted by molar-refractivity contribution is 5.96. The van der Waals surface area contributed by atoms with Crippen molar-refractivity contribution in [2.24, 2.45) is 5.92 Å². The minimum absolute atomic E-state index is 0.00894. The van der Waals surface area contributed by atoms with E-state index in [0.717, 1.165) is 32.1 Å². The van der Waals surface area contributed by atoms with Crippen LogP contribution in [0.25, 0.3) is 0 Å². The molecule has 0 aromatic heterocycles. The molecule has 0 radical (unpaired) electrons. The first-order valence-electron chi connectivity index (χ1n) is 8.06. The van der Waals surface area contributed by atoms with E-state index in [1.54, 1.807) is 18.2 Å². The highest BCUT2D eigenvalue weighted by Crippen LogP contribution is 2.28. The van der Waals surface area contributed by atoms with Crippen LogP contribution in [0, 0.1) is 5.92 Å². The van der Waals surface area contributed by atoms with Gasteiger partial charge in [-0.15, -0.1) is 0 Å². The summed E-state index contributed by atoms with van der Waals surface area (Å²) in [5.41, 5.74) is 5.35. The number of carbonyl (C=O) groups excluding carboxylic acids is 2. The molecule has 1 aromatic carbocycles. The minimum Gasteiger partial charge on any atom is -0.493 e. The molecule has 1 saturated carbocycles. The fraction of sp³-hybridized carbons (Fsp3) is 0.529. The van der Waals surface area contributed by atoms with E-state index in [1.165, 1.54) is 7.11 Å². The quantitative estimate of drug-likeness (QED) is 0.789. The summed E-state index contributed by atoms with van der Waals surface area (Å²) in [5, 5.41) is 0. The van der Waals surface area contributed by atoms with Crippen LogP contribution in [-0.2, 0) is 4.79 Å². The maximum Gasteiger partial charge on any atom is 0.269 e. The smallest absolute Gasteiger partial charge is 0.269 e. The van der Waals surface area contributed by atoms with Crippen LogP contribution >= 0.6 is 0 Å². The Bertz CT molecular complexity index is 554. The second kappa shape index (κ2) is 8.41. The van der Waals surface area contributed by atoms with Crippen molar-refractivity contribution in [3.8, 4) is 11.5 Å². The van der Waals surface area contributed by atoms with Crippen molar-refractivity contribution >= 4 is 11.8 Å². The zero-order valence-corrected chi connectivity index (χ0v) is 13.7. The van der Waals surface area contributed by atoms with Crippen LogP contribution < -0.4 is 20.3 Å². The first-order valence-corrected chi connectivity index (χ1v) is 8.06. The summed E-state index contributed by atoms with van der Waals surface area (Å²) >= 11 is 0. The number of rotatable bonds is 6. The van der Waals surface area contributed by atoms with Gasteiger partial charge in [-0.1, -0.05) is 19.8 Å². The van der Waals surface area contributed by atoms with Crippen molar-refractivity contribution in [3.05, 3.63) is 23.8 Å². The lowest BCUT2D eigenvalue weighted by molar-refractivity contribution is -0.125. The van der Waals surface area contributed by atoms with Gasteiger partial charge in [0.2, 0.25) is 5.91 Å². The number of methoxy groups -OCH3 is 1. The molecule has 0 aliphatic heterocycles. The molecule has 0 bridgehead atoms. The predicted octanol–water partition coefficient (Wildman–Crippen LogP) is 2.44. The zero-order chi connectivity index (χ0) is 16.7. The number of amides is 2. The average Bonchev–Trinajstić information content (AvgIpc) is 3.12. The summed E-state index contributed by atoms with van der Waals surface area (Å²) in [6.45, 7) is 2.60. The largest absolute Gasteiger partial charge is 0.493 e. The topological polar surface area (TPSA) is 76.7 Å². The first-order chi connectivity index (χ1) is 11.2. The molecule has 2 amide bonds. The lowest BCUT2D eigenvalue weighted by atomic mass is 10.1. The van der Waals surface area contributed by atoms with Crippen molar-refractivity contribution in [1.29, 1.82) is 0 Å². The number of nitrogens with one attached hydrogen (secondary N) is 2. The molecule has 1 aromatic rings. The first kappa shape index (κ1) is 17.1. The van der Waals surface area contributed by atoms with Gasteiger partial charge in [0.1, 0.15) is 0 Å². The second-order valence-electron chi connectivity index (χ2n) is 5.64. The third-order valence-corrected chi connectivity index (χ3v) is 3.91. The molecule has 1 fully saturated rings. The van der Waals surface area contributed by atoms with E-state index >= 15 is 0 Å². The molecular formula is C17H24N2O4. The predicted molar refractivity (Wildman–Crippen MR) is 86.3 cm³/mol. The highest BCUT2D eigenvalue weighted by Gasteiger charge is 2.23. The van der Waals surface area contributed by atoms with Gasteiger partial charge >= 0.3 is 0 Å². The monoisotopic (exact) mass is 320 g/mol. The van der Waals surface area contributed by atoms with E-state index in [4.69, 9.17) is 9.47 Å². The number of hydrogen-bond donors (Lipinski definition) is 2. The van der Waals surface area contributed by atoms with Crippen LogP contribution in [0.3, 0.4) is 0 Å². The minimum atomic E-state index is -0.378. The number of ether oxygens (including phenoxy) is 2. The molecular weight excluding hydrogens is 296 g/mol. The normalized spacial score (nSPS) is 14.3. The van der Waals surface area contributed by atoms with Crippen molar-refractivity contribution in [3.63, 3.8) is 0 Å². The van der Waals surface area contributed by atoms with Crippen molar-refractivity contribution < 1.29 is 19.1 Å². The van der Waals surface area contributed by atoms with Gasteiger partial charge < -0.3 is 9.47 Å². The van der Waals surface area contributed by atoms with Crippen LogP contribution in [0.15, 0.2) is 18.2 Å². The number of hydrazine groups is 1. The average molecular weight is 320 g/mol. The van der Waals surface area contributed by atoms with Gasteiger partial charge in [-0.3, -0.25) is 20.4 Å². The molecule has 2 N–H and O–H groups in total. The van der Waals surface area contributed by atoms with Crippen LogP contribution in [0.4, 0.5) is 0 Å².